The summed E-state index contributed by atoms with van der Waals surface area (Å²) in [6, 6.07) is 23.7. The molecule has 0 unspecified atom stereocenters. The third-order valence-corrected chi connectivity index (χ3v) is 4.98. The molecular formula is C23H18N4O. The number of nitrogens with one attached hydrogen (secondary N) is 2. The summed E-state index contributed by atoms with van der Waals surface area (Å²) in [7, 11) is 1.97. The van der Waals surface area contributed by atoms with Crippen LogP contribution >= 0.6 is 0 Å². The fourth-order valence-electron chi connectivity index (χ4n) is 3.61. The minimum absolute atomic E-state index is 0.105. The van der Waals surface area contributed by atoms with Crippen molar-refractivity contribution in [3.8, 4) is 0 Å². The van der Waals surface area contributed by atoms with Crippen LogP contribution in [0.4, 0.5) is 11.4 Å². The molecule has 1 aliphatic heterocycles. The van der Waals surface area contributed by atoms with Crippen LogP contribution in [0.15, 0.2) is 79.1 Å². The summed E-state index contributed by atoms with van der Waals surface area (Å²) in [5.41, 5.74) is 6.95. The lowest BCUT2D eigenvalue weighted by Crippen LogP contribution is -2.10. The summed E-state index contributed by atoms with van der Waals surface area (Å²) in [4.78, 5) is 17.3. The maximum Gasteiger partial charge on any atom is 0.258 e. The number of fused-ring (bicyclic) bond motifs is 2. The van der Waals surface area contributed by atoms with Gasteiger partial charge in [-0.25, -0.2) is 4.98 Å². The highest BCUT2D eigenvalue weighted by atomic mass is 16.2. The molecule has 1 amide bonds. The van der Waals surface area contributed by atoms with E-state index >= 15 is 0 Å². The van der Waals surface area contributed by atoms with E-state index in [1.54, 1.807) is 6.33 Å². The highest BCUT2D eigenvalue weighted by molar-refractivity contribution is 6.37. The van der Waals surface area contributed by atoms with Gasteiger partial charge in [0.25, 0.3) is 5.91 Å². The van der Waals surface area contributed by atoms with Gasteiger partial charge in [0.15, 0.2) is 0 Å². The van der Waals surface area contributed by atoms with Crippen LogP contribution in [0.1, 0.15) is 11.1 Å². The van der Waals surface area contributed by atoms with Gasteiger partial charge in [-0.05, 0) is 29.8 Å². The predicted octanol–water partition coefficient (Wildman–Crippen LogP) is 4.51. The van der Waals surface area contributed by atoms with E-state index in [0.717, 1.165) is 39.2 Å². The van der Waals surface area contributed by atoms with Crippen LogP contribution in [0, 0.1) is 0 Å². The molecule has 5 nitrogen and oxygen atoms in total. The van der Waals surface area contributed by atoms with E-state index in [1.165, 1.54) is 0 Å². The van der Waals surface area contributed by atoms with E-state index in [4.69, 9.17) is 0 Å². The molecule has 28 heavy (non-hydrogen) atoms. The molecule has 0 fully saturated rings. The van der Waals surface area contributed by atoms with Crippen LogP contribution < -0.4 is 10.6 Å². The van der Waals surface area contributed by atoms with Crippen LogP contribution in [-0.4, -0.2) is 15.5 Å². The highest BCUT2D eigenvalue weighted by Gasteiger charge is 2.28. The summed E-state index contributed by atoms with van der Waals surface area (Å²) < 4.78 is 1.98. The van der Waals surface area contributed by atoms with Crippen molar-refractivity contribution in [1.29, 1.82) is 0 Å². The molecule has 0 radical (unpaired) electrons. The van der Waals surface area contributed by atoms with Crippen molar-refractivity contribution in [3.63, 3.8) is 0 Å². The van der Waals surface area contributed by atoms with Crippen molar-refractivity contribution in [1.82, 2.24) is 9.55 Å². The van der Waals surface area contributed by atoms with Gasteiger partial charge >= 0.3 is 0 Å². The number of carbonyl (C=O) groups is 1. The van der Waals surface area contributed by atoms with Crippen molar-refractivity contribution in [2.75, 3.05) is 10.6 Å². The molecule has 0 spiro atoms. The number of imidazole rings is 1. The molecule has 0 saturated heterocycles. The molecule has 5 heteroatoms. The van der Waals surface area contributed by atoms with Crippen molar-refractivity contribution in [3.05, 3.63) is 90.3 Å². The Morgan fingerprint density at radius 1 is 1.00 bits per heavy atom. The maximum absolute atomic E-state index is 12.8. The Morgan fingerprint density at radius 2 is 1.79 bits per heavy atom. The highest BCUT2D eigenvalue weighted by Crippen LogP contribution is 2.37. The normalized spacial score (nSPS) is 14.7. The minimum Gasteiger partial charge on any atom is -0.354 e. The number of amides is 1. The van der Waals surface area contributed by atoms with Crippen LogP contribution in [0.3, 0.4) is 0 Å². The molecule has 3 aromatic carbocycles. The van der Waals surface area contributed by atoms with E-state index < -0.39 is 0 Å². The molecular weight excluding hydrogens is 348 g/mol. The summed E-state index contributed by atoms with van der Waals surface area (Å²) in [5.74, 6) is -0.105. The second-order valence-corrected chi connectivity index (χ2v) is 6.80. The number of nitrogens with zero attached hydrogens (tertiary/aromatic N) is 2. The van der Waals surface area contributed by atoms with Crippen molar-refractivity contribution in [2.24, 2.45) is 7.05 Å². The van der Waals surface area contributed by atoms with E-state index in [2.05, 4.69) is 15.6 Å². The lowest BCUT2D eigenvalue weighted by atomic mass is 10.00. The van der Waals surface area contributed by atoms with Crippen molar-refractivity contribution >= 4 is 39.6 Å². The van der Waals surface area contributed by atoms with Gasteiger partial charge in [0.2, 0.25) is 0 Å². The number of aryl methyl sites for hydroxylation is 1. The zero-order chi connectivity index (χ0) is 19.1. The predicted molar refractivity (Wildman–Crippen MR) is 113 cm³/mol. The second-order valence-electron chi connectivity index (χ2n) is 6.80. The summed E-state index contributed by atoms with van der Waals surface area (Å²) in [6.45, 7) is 0. The molecule has 0 bridgehead atoms. The van der Waals surface area contributed by atoms with E-state index in [0.29, 0.717) is 5.57 Å². The molecule has 0 atom stereocenters. The lowest BCUT2D eigenvalue weighted by Gasteiger charge is -2.15. The molecule has 1 aromatic heterocycles. The molecule has 136 valence electrons. The van der Waals surface area contributed by atoms with Crippen LogP contribution in [0.25, 0.3) is 22.3 Å². The summed E-state index contributed by atoms with van der Waals surface area (Å²) in [6.07, 6.45) is 1.80. The number of hydrogen-bond donors (Lipinski definition) is 2. The zero-order valence-corrected chi connectivity index (χ0v) is 15.3. The van der Waals surface area contributed by atoms with E-state index in [-0.39, 0.29) is 5.91 Å². The number of para-hydroxylation sites is 1. The van der Waals surface area contributed by atoms with Crippen LogP contribution in [0.5, 0.6) is 0 Å². The SMILES string of the molecule is Cn1cnc2cc(NC(=C3C(=O)Nc4ccccc43)c3ccccc3)ccc21. The van der Waals surface area contributed by atoms with Gasteiger partial charge in [-0.3, -0.25) is 4.79 Å². The fraction of sp³-hybridized carbons (Fsp3) is 0.0435. The van der Waals surface area contributed by atoms with Gasteiger partial charge in [0.05, 0.1) is 28.6 Å². The molecule has 1 aliphatic rings. The first kappa shape index (κ1) is 16.3. The number of carbonyl (C=O) groups excluding carboxylic acids is 1. The van der Waals surface area contributed by atoms with Gasteiger partial charge in [0.1, 0.15) is 0 Å². The van der Waals surface area contributed by atoms with Gasteiger partial charge in [-0.1, -0.05) is 48.5 Å². The fourth-order valence-corrected chi connectivity index (χ4v) is 3.61. The Kier molecular flexibility index (Phi) is 3.72. The quantitative estimate of drug-likeness (QED) is 0.525. The van der Waals surface area contributed by atoms with Gasteiger partial charge in [0, 0.05) is 24.0 Å². The van der Waals surface area contributed by atoms with Gasteiger partial charge in [-0.15, -0.1) is 0 Å². The van der Waals surface area contributed by atoms with E-state index in [9.17, 15) is 4.79 Å². The number of anilines is 2. The molecule has 2 N–H and O–H groups in total. The van der Waals surface area contributed by atoms with Gasteiger partial charge < -0.3 is 15.2 Å². The first-order valence-electron chi connectivity index (χ1n) is 9.09. The molecule has 4 aromatic rings. The van der Waals surface area contributed by atoms with E-state index in [1.807, 2.05) is 84.4 Å². The molecule has 2 heterocycles. The number of benzene rings is 3. The Labute approximate surface area is 162 Å². The zero-order valence-electron chi connectivity index (χ0n) is 15.3. The largest absolute Gasteiger partial charge is 0.354 e. The molecule has 5 rings (SSSR count). The summed E-state index contributed by atoms with van der Waals surface area (Å²) in [5, 5.41) is 6.44. The molecule has 0 aliphatic carbocycles. The minimum atomic E-state index is -0.105. The maximum atomic E-state index is 12.8. The standard InChI is InChI=1S/C23H18N4O/c1-27-14-24-19-13-16(11-12-20(19)27)25-22(15-7-3-2-4-8-15)21-17-9-5-6-10-18(17)26-23(21)28/h2-14,25H,1H3,(H,26,28). The third kappa shape index (κ3) is 2.65. The Balaban J connectivity index is 1.68. The van der Waals surface area contributed by atoms with Gasteiger partial charge in [-0.2, -0.15) is 0 Å². The average Bonchev–Trinajstić information content (AvgIpc) is 3.26. The Bertz CT molecular complexity index is 1240. The van der Waals surface area contributed by atoms with Crippen LogP contribution in [-0.2, 0) is 11.8 Å². The Hall–Kier alpha value is -3.86. The smallest absolute Gasteiger partial charge is 0.258 e. The first-order chi connectivity index (χ1) is 13.7. The monoisotopic (exact) mass is 366 g/mol. The first-order valence-corrected chi connectivity index (χ1v) is 9.09. The summed E-state index contributed by atoms with van der Waals surface area (Å²) >= 11 is 0. The number of aromatic nitrogens is 2. The van der Waals surface area contributed by atoms with Crippen molar-refractivity contribution in [2.45, 2.75) is 0 Å². The Morgan fingerprint density at radius 3 is 2.64 bits per heavy atom. The third-order valence-electron chi connectivity index (χ3n) is 4.98. The second kappa shape index (κ2) is 6.39. The number of rotatable bonds is 3. The average molecular weight is 366 g/mol. The molecule has 0 saturated carbocycles. The number of hydrogen-bond acceptors (Lipinski definition) is 3. The van der Waals surface area contributed by atoms with Crippen LogP contribution in [0.2, 0.25) is 0 Å². The van der Waals surface area contributed by atoms with Crippen molar-refractivity contribution < 1.29 is 4.79 Å². The lowest BCUT2D eigenvalue weighted by molar-refractivity contribution is -0.110. The topological polar surface area (TPSA) is 59.0 Å².